The molecule has 3 rings (SSSR count). The first-order valence-electron chi connectivity index (χ1n) is 8.53. The van der Waals surface area contributed by atoms with Crippen molar-refractivity contribution >= 4 is 29.3 Å². The lowest BCUT2D eigenvalue weighted by molar-refractivity contribution is -0.131. The Morgan fingerprint density at radius 3 is 2.79 bits per heavy atom. The minimum atomic E-state index is -0.257. The Bertz CT molecular complexity index is 968. The maximum atomic E-state index is 12.3. The van der Waals surface area contributed by atoms with Gasteiger partial charge in [0.05, 0.1) is 18.6 Å². The van der Waals surface area contributed by atoms with E-state index in [1.54, 1.807) is 19.2 Å². The molecule has 2 amide bonds. The van der Waals surface area contributed by atoms with Gasteiger partial charge in [0.15, 0.2) is 5.76 Å². The molecule has 146 valence electrons. The molecule has 0 saturated heterocycles. The maximum Gasteiger partial charge on any atom is 0.284 e. The van der Waals surface area contributed by atoms with Crippen LogP contribution in [0.15, 0.2) is 50.7 Å². The van der Waals surface area contributed by atoms with Crippen molar-refractivity contribution in [1.29, 1.82) is 0 Å². The maximum absolute atomic E-state index is 12.3. The number of carbonyl (C=O) groups excluding carboxylic acids is 2. The summed E-state index contributed by atoms with van der Waals surface area (Å²) in [5.41, 5.74) is 2.76. The summed E-state index contributed by atoms with van der Waals surface area (Å²) in [7, 11) is 1.58. The molecule has 2 aromatic heterocycles. The number of aryl methyl sites for hydroxylation is 2. The summed E-state index contributed by atoms with van der Waals surface area (Å²) >= 11 is 1.11. The van der Waals surface area contributed by atoms with Crippen LogP contribution >= 0.6 is 11.8 Å². The van der Waals surface area contributed by atoms with Gasteiger partial charge in [-0.05, 0) is 43.2 Å². The van der Waals surface area contributed by atoms with Crippen LogP contribution in [0.4, 0.5) is 5.69 Å². The number of hydrogen-bond donors (Lipinski definition) is 1. The summed E-state index contributed by atoms with van der Waals surface area (Å²) in [5, 5.41) is 10.8. The molecule has 0 fully saturated rings. The summed E-state index contributed by atoms with van der Waals surface area (Å²) in [5.74, 6) is 0.311. The Labute approximate surface area is 166 Å². The third-order valence-corrected chi connectivity index (χ3v) is 4.73. The predicted octanol–water partition coefficient (Wildman–Crippen LogP) is 3.14. The third kappa shape index (κ3) is 5.01. The molecule has 1 aromatic carbocycles. The number of nitrogens with one attached hydrogen (secondary N) is 1. The number of nitrogens with zero attached hydrogens (tertiary/aromatic N) is 3. The Hall–Kier alpha value is -3.07. The minimum absolute atomic E-state index is 0.0474. The second-order valence-electron chi connectivity index (χ2n) is 6.26. The second kappa shape index (κ2) is 8.75. The van der Waals surface area contributed by atoms with E-state index in [9.17, 15) is 9.59 Å². The quantitative estimate of drug-likeness (QED) is 0.608. The number of thioether (sulfide) groups is 1. The highest BCUT2D eigenvalue weighted by Crippen LogP contribution is 2.23. The zero-order valence-electron chi connectivity index (χ0n) is 15.8. The largest absolute Gasteiger partial charge is 0.459 e. The van der Waals surface area contributed by atoms with Gasteiger partial charge in [0, 0.05) is 12.7 Å². The molecule has 0 bridgehead atoms. The van der Waals surface area contributed by atoms with Gasteiger partial charge in [-0.1, -0.05) is 23.9 Å². The van der Waals surface area contributed by atoms with Crippen LogP contribution in [0, 0.1) is 13.8 Å². The van der Waals surface area contributed by atoms with Crippen LogP contribution in [-0.4, -0.2) is 46.3 Å². The molecule has 0 saturated carbocycles. The molecule has 0 aliphatic rings. The van der Waals surface area contributed by atoms with Crippen LogP contribution in [0.2, 0.25) is 0 Å². The normalized spacial score (nSPS) is 10.7. The highest BCUT2D eigenvalue weighted by Gasteiger charge is 2.17. The molecule has 28 heavy (non-hydrogen) atoms. The van der Waals surface area contributed by atoms with Gasteiger partial charge in [0.25, 0.3) is 11.1 Å². The van der Waals surface area contributed by atoms with E-state index in [1.807, 2.05) is 32.0 Å². The number of aromatic nitrogens is 2. The molecule has 1 N–H and O–H groups in total. The van der Waals surface area contributed by atoms with Gasteiger partial charge in [-0.15, -0.1) is 10.2 Å². The van der Waals surface area contributed by atoms with Crippen molar-refractivity contribution in [2.75, 3.05) is 24.7 Å². The molecule has 3 aromatic rings. The van der Waals surface area contributed by atoms with E-state index in [0.717, 1.165) is 28.6 Å². The van der Waals surface area contributed by atoms with Crippen molar-refractivity contribution < 1.29 is 18.4 Å². The van der Waals surface area contributed by atoms with E-state index in [-0.39, 0.29) is 35.2 Å². The number of likely N-dealkylation sites (N-methyl/N-ethyl adjacent to an activating group) is 1. The fourth-order valence-corrected chi connectivity index (χ4v) is 3.07. The number of anilines is 1. The smallest absolute Gasteiger partial charge is 0.284 e. The Morgan fingerprint density at radius 2 is 2.04 bits per heavy atom. The van der Waals surface area contributed by atoms with E-state index in [1.165, 1.54) is 11.2 Å². The number of amides is 2. The molecule has 0 atom stereocenters. The van der Waals surface area contributed by atoms with E-state index in [4.69, 9.17) is 8.83 Å². The van der Waals surface area contributed by atoms with Crippen LogP contribution in [0.3, 0.4) is 0 Å². The average Bonchev–Trinajstić information content (AvgIpc) is 3.33. The Morgan fingerprint density at radius 1 is 1.21 bits per heavy atom. The molecule has 8 nitrogen and oxygen atoms in total. The lowest BCUT2D eigenvalue weighted by Crippen LogP contribution is -2.36. The van der Waals surface area contributed by atoms with Gasteiger partial charge in [0.1, 0.15) is 0 Å². The predicted molar refractivity (Wildman–Crippen MR) is 105 cm³/mol. The molecule has 0 radical (unpaired) electrons. The summed E-state index contributed by atoms with van der Waals surface area (Å²) in [6.07, 6.45) is 1.51. The summed E-state index contributed by atoms with van der Waals surface area (Å²) in [6.45, 7) is 3.83. The van der Waals surface area contributed by atoms with Crippen molar-refractivity contribution in [2.24, 2.45) is 0 Å². The van der Waals surface area contributed by atoms with Crippen LogP contribution in [0.5, 0.6) is 0 Å². The summed E-state index contributed by atoms with van der Waals surface area (Å²) < 4.78 is 10.6. The van der Waals surface area contributed by atoms with E-state index < -0.39 is 0 Å². The van der Waals surface area contributed by atoms with Crippen molar-refractivity contribution in [3.8, 4) is 11.7 Å². The van der Waals surface area contributed by atoms with Gasteiger partial charge in [-0.25, -0.2) is 0 Å². The standard InChI is InChI=1S/C19H20N4O4S/c1-12-6-7-13(2)14(9-12)20-16(24)10-23(3)17(25)11-28-19-22-21-18(27-19)15-5-4-8-26-15/h4-9H,10-11H2,1-3H3,(H,20,24). The van der Waals surface area contributed by atoms with Gasteiger partial charge in [0.2, 0.25) is 11.8 Å². The fraction of sp³-hybridized carbons (Fsp3) is 0.263. The van der Waals surface area contributed by atoms with Crippen LogP contribution in [0.25, 0.3) is 11.7 Å². The van der Waals surface area contributed by atoms with E-state index in [2.05, 4.69) is 15.5 Å². The van der Waals surface area contributed by atoms with Crippen molar-refractivity contribution in [3.63, 3.8) is 0 Å². The Kier molecular flexibility index (Phi) is 6.15. The van der Waals surface area contributed by atoms with Gasteiger partial charge in [-0.2, -0.15) is 0 Å². The Balaban J connectivity index is 1.49. The molecular formula is C19H20N4O4S. The lowest BCUT2D eigenvalue weighted by Gasteiger charge is -2.17. The highest BCUT2D eigenvalue weighted by molar-refractivity contribution is 7.99. The number of carbonyl (C=O) groups is 2. The zero-order chi connectivity index (χ0) is 20.1. The topological polar surface area (TPSA) is 101 Å². The number of rotatable bonds is 7. The summed E-state index contributed by atoms with van der Waals surface area (Å²) in [4.78, 5) is 25.9. The monoisotopic (exact) mass is 400 g/mol. The summed E-state index contributed by atoms with van der Waals surface area (Å²) in [6, 6.07) is 9.24. The van der Waals surface area contributed by atoms with Crippen LogP contribution < -0.4 is 5.32 Å². The van der Waals surface area contributed by atoms with E-state index >= 15 is 0 Å². The first-order valence-corrected chi connectivity index (χ1v) is 9.52. The van der Waals surface area contributed by atoms with Crippen LogP contribution in [-0.2, 0) is 9.59 Å². The van der Waals surface area contributed by atoms with E-state index in [0.29, 0.717) is 5.76 Å². The van der Waals surface area contributed by atoms with Crippen LogP contribution in [0.1, 0.15) is 11.1 Å². The molecule has 0 aliphatic carbocycles. The molecule has 0 aliphatic heterocycles. The van der Waals surface area contributed by atoms with Crippen molar-refractivity contribution in [3.05, 3.63) is 47.7 Å². The molecule has 0 unspecified atom stereocenters. The van der Waals surface area contributed by atoms with Gasteiger partial charge >= 0.3 is 0 Å². The highest BCUT2D eigenvalue weighted by atomic mass is 32.2. The minimum Gasteiger partial charge on any atom is -0.459 e. The lowest BCUT2D eigenvalue weighted by atomic mass is 10.1. The zero-order valence-corrected chi connectivity index (χ0v) is 16.6. The van der Waals surface area contributed by atoms with Gasteiger partial charge in [-0.3, -0.25) is 9.59 Å². The molecule has 0 spiro atoms. The fourth-order valence-electron chi connectivity index (χ4n) is 2.37. The number of benzene rings is 1. The SMILES string of the molecule is Cc1ccc(C)c(NC(=O)CN(C)C(=O)CSc2nnc(-c3ccco3)o2)c1. The molecule has 9 heteroatoms. The van der Waals surface area contributed by atoms with Crippen molar-refractivity contribution in [1.82, 2.24) is 15.1 Å². The number of furan rings is 1. The molecule has 2 heterocycles. The van der Waals surface area contributed by atoms with Crippen molar-refractivity contribution in [2.45, 2.75) is 19.1 Å². The number of hydrogen-bond acceptors (Lipinski definition) is 7. The second-order valence-corrected chi connectivity index (χ2v) is 7.18. The molecular weight excluding hydrogens is 380 g/mol. The first-order chi connectivity index (χ1) is 13.4. The van der Waals surface area contributed by atoms with Gasteiger partial charge < -0.3 is 19.1 Å². The average molecular weight is 400 g/mol. The third-order valence-electron chi connectivity index (χ3n) is 3.93. The first kappa shape index (κ1) is 19.7.